The lowest BCUT2D eigenvalue weighted by atomic mass is 9.99. The van der Waals surface area contributed by atoms with E-state index in [1.54, 1.807) is 0 Å². The maximum Gasteiger partial charge on any atom is 0.407 e. The van der Waals surface area contributed by atoms with Crippen LogP contribution in [0.4, 0.5) is 14.4 Å². The molecule has 0 spiro atoms. The lowest BCUT2D eigenvalue weighted by molar-refractivity contribution is -0.123. The molecule has 46 heavy (non-hydrogen) atoms. The molecule has 0 aromatic heterocycles. The summed E-state index contributed by atoms with van der Waals surface area (Å²) in [5.74, 6) is -0.386. The normalized spacial score (nSPS) is 11.2. The fourth-order valence-electron chi connectivity index (χ4n) is 4.86. The van der Waals surface area contributed by atoms with Crippen LogP contribution in [0.3, 0.4) is 0 Å². The van der Waals surface area contributed by atoms with Gasteiger partial charge in [0.05, 0.1) is 0 Å². The van der Waals surface area contributed by atoms with E-state index < -0.39 is 24.3 Å². The van der Waals surface area contributed by atoms with E-state index in [1.807, 2.05) is 30.3 Å². The maximum atomic E-state index is 12.5. The average Bonchev–Trinajstić information content (AvgIpc) is 3.05. The number of benzene rings is 3. The second-order valence-electron chi connectivity index (χ2n) is 11.0. The average molecular weight is 633 g/mol. The lowest BCUT2D eigenvalue weighted by Gasteiger charge is -2.16. The third kappa shape index (κ3) is 14.1. The summed E-state index contributed by atoms with van der Waals surface area (Å²) in [5, 5.41) is 27.8. The second kappa shape index (κ2) is 20.1. The topological polar surface area (TPSA) is 166 Å². The Morgan fingerprint density at radius 1 is 0.587 bits per heavy atom. The van der Waals surface area contributed by atoms with Gasteiger partial charge >= 0.3 is 18.3 Å². The van der Waals surface area contributed by atoms with Gasteiger partial charge < -0.3 is 36.2 Å². The third-order valence-corrected chi connectivity index (χ3v) is 7.37. The first-order valence-electron chi connectivity index (χ1n) is 15.7. The van der Waals surface area contributed by atoms with Crippen molar-refractivity contribution in [3.05, 3.63) is 95.6 Å². The van der Waals surface area contributed by atoms with Crippen molar-refractivity contribution >= 4 is 24.2 Å². The zero-order valence-electron chi connectivity index (χ0n) is 26.0. The Balaban J connectivity index is 1.31. The molecule has 3 rings (SSSR count). The fourth-order valence-corrected chi connectivity index (χ4v) is 4.86. The first kappa shape index (κ1) is 35.4. The summed E-state index contributed by atoms with van der Waals surface area (Å²) in [6, 6.07) is 25.5. The van der Waals surface area contributed by atoms with Crippen LogP contribution < -0.4 is 21.3 Å². The number of rotatable bonds is 19. The molecular formula is C35H44N4O7. The summed E-state index contributed by atoms with van der Waals surface area (Å²) in [6.45, 7) is 1.49. The molecule has 11 nitrogen and oxygen atoms in total. The van der Waals surface area contributed by atoms with Gasteiger partial charge in [0.15, 0.2) is 0 Å². The van der Waals surface area contributed by atoms with Crippen LogP contribution in [0.5, 0.6) is 0 Å². The number of alkyl carbamates (subject to hydrolysis) is 1. The van der Waals surface area contributed by atoms with Crippen molar-refractivity contribution in [2.75, 3.05) is 19.6 Å². The molecule has 3 aromatic rings. The maximum absolute atomic E-state index is 12.5. The number of carbonyl (C=O) groups is 4. The summed E-state index contributed by atoms with van der Waals surface area (Å²) >= 11 is 0. The number of aryl methyl sites for hydroxylation is 2. The van der Waals surface area contributed by atoms with Gasteiger partial charge in [0.25, 0.3) is 0 Å². The van der Waals surface area contributed by atoms with E-state index >= 15 is 0 Å². The highest BCUT2D eigenvalue weighted by atomic mass is 16.5. The van der Waals surface area contributed by atoms with Gasteiger partial charge in [-0.05, 0) is 79.2 Å². The van der Waals surface area contributed by atoms with Gasteiger partial charge in [0, 0.05) is 19.6 Å². The van der Waals surface area contributed by atoms with Crippen molar-refractivity contribution in [2.24, 2.45) is 0 Å². The van der Waals surface area contributed by atoms with E-state index in [1.165, 1.54) is 5.56 Å². The van der Waals surface area contributed by atoms with Crippen LogP contribution in [0.2, 0.25) is 0 Å². The van der Waals surface area contributed by atoms with Crippen molar-refractivity contribution in [3.8, 4) is 11.1 Å². The molecule has 0 radical (unpaired) electrons. The number of unbranched alkanes of at least 4 members (excludes halogenated alkanes) is 2. The molecule has 0 aliphatic heterocycles. The van der Waals surface area contributed by atoms with Crippen molar-refractivity contribution in [3.63, 3.8) is 0 Å². The van der Waals surface area contributed by atoms with E-state index in [2.05, 4.69) is 69.8 Å². The monoisotopic (exact) mass is 632 g/mol. The SMILES string of the molecule is O=C(O)NCCCC[C@H](NC(=O)O)C(=O)NCCCc1ccc(-c2ccc(CCCCNC(=O)OCc3ccccc3)cc2)cc1. The largest absolute Gasteiger partial charge is 0.465 e. The molecular weight excluding hydrogens is 588 g/mol. The van der Waals surface area contributed by atoms with Crippen LogP contribution in [0, 0.1) is 0 Å². The molecule has 0 heterocycles. The summed E-state index contributed by atoms with van der Waals surface area (Å²) in [6.07, 6.45) is 2.71. The highest BCUT2D eigenvalue weighted by molar-refractivity contribution is 5.85. The van der Waals surface area contributed by atoms with Gasteiger partial charge in [-0.25, -0.2) is 14.4 Å². The highest BCUT2D eigenvalue weighted by Gasteiger charge is 2.19. The predicted molar refractivity (Wildman–Crippen MR) is 176 cm³/mol. The van der Waals surface area contributed by atoms with Crippen LogP contribution in [-0.2, 0) is 29.0 Å². The molecule has 0 aliphatic carbocycles. The molecule has 0 bridgehead atoms. The zero-order valence-corrected chi connectivity index (χ0v) is 26.0. The zero-order chi connectivity index (χ0) is 33.0. The van der Waals surface area contributed by atoms with Crippen LogP contribution in [0.1, 0.15) is 55.2 Å². The van der Waals surface area contributed by atoms with Gasteiger partial charge in [0.1, 0.15) is 12.6 Å². The Morgan fingerprint density at radius 3 is 1.76 bits per heavy atom. The molecule has 0 saturated heterocycles. The van der Waals surface area contributed by atoms with Crippen molar-refractivity contribution in [1.82, 2.24) is 21.3 Å². The first-order chi connectivity index (χ1) is 22.3. The van der Waals surface area contributed by atoms with Crippen molar-refractivity contribution in [2.45, 2.75) is 64.0 Å². The van der Waals surface area contributed by atoms with Gasteiger partial charge in [0.2, 0.25) is 5.91 Å². The predicted octanol–water partition coefficient (Wildman–Crippen LogP) is 5.73. The van der Waals surface area contributed by atoms with Gasteiger partial charge in [-0.1, -0.05) is 78.9 Å². The number of ether oxygens (including phenoxy) is 1. The summed E-state index contributed by atoms with van der Waals surface area (Å²) in [4.78, 5) is 46.0. The Morgan fingerprint density at radius 2 is 1.15 bits per heavy atom. The lowest BCUT2D eigenvalue weighted by Crippen LogP contribution is -2.46. The molecule has 6 N–H and O–H groups in total. The van der Waals surface area contributed by atoms with Crippen LogP contribution >= 0.6 is 0 Å². The van der Waals surface area contributed by atoms with E-state index in [-0.39, 0.29) is 25.5 Å². The number of amides is 4. The van der Waals surface area contributed by atoms with E-state index in [0.29, 0.717) is 32.4 Å². The van der Waals surface area contributed by atoms with Crippen LogP contribution in [0.15, 0.2) is 78.9 Å². The summed E-state index contributed by atoms with van der Waals surface area (Å²) in [7, 11) is 0. The molecule has 246 valence electrons. The number of hydrogen-bond acceptors (Lipinski definition) is 5. The number of carbonyl (C=O) groups excluding carboxylic acids is 2. The Hall–Kier alpha value is -5.06. The van der Waals surface area contributed by atoms with Crippen LogP contribution in [0.25, 0.3) is 11.1 Å². The Kier molecular flexibility index (Phi) is 15.4. The summed E-state index contributed by atoms with van der Waals surface area (Å²) in [5.41, 5.74) is 5.57. The molecule has 4 amide bonds. The molecule has 0 saturated carbocycles. The standard InChI is InChI=1S/C35H44N4O7/c40-32(31(39-34(43)44)13-5-7-22-37-33(41)42)36-24-8-12-27-16-20-30(21-17-27)29-18-14-26(15-19-29)9-4-6-23-38-35(45)46-25-28-10-2-1-3-11-28/h1-3,10-11,14-21,31,37,39H,4-9,12-13,22-25H2,(H,36,40)(H,38,45)(H,41,42)(H,43,44)/t31-/m0/s1. The number of hydrogen-bond donors (Lipinski definition) is 6. The Bertz CT molecular complexity index is 1370. The van der Waals surface area contributed by atoms with Crippen molar-refractivity contribution < 1.29 is 34.1 Å². The summed E-state index contributed by atoms with van der Waals surface area (Å²) < 4.78 is 5.23. The highest BCUT2D eigenvalue weighted by Crippen LogP contribution is 2.21. The second-order valence-corrected chi connectivity index (χ2v) is 11.0. The number of carboxylic acid groups (broad SMARTS) is 2. The van der Waals surface area contributed by atoms with E-state index in [0.717, 1.165) is 47.9 Å². The molecule has 1 atom stereocenters. The smallest absolute Gasteiger partial charge is 0.407 e. The minimum Gasteiger partial charge on any atom is -0.465 e. The molecule has 11 heteroatoms. The first-order valence-corrected chi connectivity index (χ1v) is 15.7. The minimum absolute atomic E-state index is 0.247. The third-order valence-electron chi connectivity index (χ3n) is 7.37. The molecule has 0 unspecified atom stereocenters. The van der Waals surface area contributed by atoms with Gasteiger partial charge in [-0.15, -0.1) is 0 Å². The van der Waals surface area contributed by atoms with E-state index in [4.69, 9.17) is 14.9 Å². The van der Waals surface area contributed by atoms with Crippen molar-refractivity contribution in [1.29, 1.82) is 0 Å². The Labute approximate surface area is 269 Å². The minimum atomic E-state index is -1.28. The van der Waals surface area contributed by atoms with Crippen LogP contribution in [-0.4, -0.2) is 60.1 Å². The van der Waals surface area contributed by atoms with Gasteiger partial charge in [-0.3, -0.25) is 4.79 Å². The van der Waals surface area contributed by atoms with E-state index in [9.17, 15) is 19.2 Å². The van der Waals surface area contributed by atoms with Gasteiger partial charge in [-0.2, -0.15) is 0 Å². The molecule has 0 aliphatic rings. The molecule has 0 fully saturated rings. The molecule has 3 aromatic carbocycles. The fraction of sp³-hybridized carbons (Fsp3) is 0.371. The quantitative estimate of drug-likeness (QED) is 0.0919. The number of nitrogens with one attached hydrogen (secondary N) is 4.